The van der Waals surface area contributed by atoms with Gasteiger partial charge in [0, 0.05) is 25.2 Å². The summed E-state index contributed by atoms with van der Waals surface area (Å²) in [5, 5.41) is 17.4. The van der Waals surface area contributed by atoms with Gasteiger partial charge in [0.05, 0.1) is 0 Å². The minimum atomic E-state index is -0.139. The molecular weight excluding hydrogens is 130 g/mol. The Morgan fingerprint density at radius 2 is 1.80 bits per heavy atom. The lowest BCUT2D eigenvalue weighted by Gasteiger charge is -2.18. The van der Waals surface area contributed by atoms with Gasteiger partial charge in [-0.15, -0.1) is 0 Å². The van der Waals surface area contributed by atoms with Crippen molar-refractivity contribution in [3.63, 3.8) is 0 Å². The maximum absolute atomic E-state index is 8.68. The normalized spacial score (nSPS) is 14.1. The van der Waals surface area contributed by atoms with Gasteiger partial charge in [0.15, 0.2) is 0 Å². The molecule has 0 heterocycles. The van der Waals surface area contributed by atoms with Gasteiger partial charge in [-0.25, -0.2) is 0 Å². The molecule has 0 aromatic carbocycles. The van der Waals surface area contributed by atoms with Crippen LogP contribution in [-0.2, 0) is 0 Å². The molecule has 1 atom stereocenters. The predicted octanol–water partition coefficient (Wildman–Crippen LogP) is -0.285. The van der Waals surface area contributed by atoms with Gasteiger partial charge in [0.2, 0.25) is 0 Å². The Bertz CT molecular complexity index is 74.0. The van der Waals surface area contributed by atoms with Crippen LogP contribution in [0.25, 0.3) is 0 Å². The highest BCUT2D eigenvalue weighted by Crippen LogP contribution is 2.05. The molecular formula is C7H17NO2. The molecule has 0 rings (SSSR count). The molecule has 0 amide bonds. The SMILES string of the molecule is CCCC(N)C(CO)CO. The maximum Gasteiger partial charge on any atom is 0.0496 e. The molecule has 0 aromatic rings. The minimum Gasteiger partial charge on any atom is -0.396 e. The smallest absolute Gasteiger partial charge is 0.0496 e. The topological polar surface area (TPSA) is 66.5 Å². The van der Waals surface area contributed by atoms with Gasteiger partial charge in [-0.2, -0.15) is 0 Å². The lowest BCUT2D eigenvalue weighted by Crippen LogP contribution is -2.34. The van der Waals surface area contributed by atoms with Crippen molar-refractivity contribution in [2.45, 2.75) is 25.8 Å². The minimum absolute atomic E-state index is 0.0162. The third kappa shape index (κ3) is 3.15. The highest BCUT2D eigenvalue weighted by atomic mass is 16.3. The van der Waals surface area contributed by atoms with Gasteiger partial charge in [0.1, 0.15) is 0 Å². The molecule has 0 fully saturated rings. The number of nitrogens with two attached hydrogens (primary N) is 1. The molecule has 0 aromatic heterocycles. The van der Waals surface area contributed by atoms with E-state index in [9.17, 15) is 0 Å². The fourth-order valence-electron chi connectivity index (χ4n) is 0.898. The van der Waals surface area contributed by atoms with E-state index in [0.717, 1.165) is 12.8 Å². The number of aliphatic hydroxyl groups excluding tert-OH is 2. The zero-order valence-electron chi connectivity index (χ0n) is 6.45. The molecule has 0 bridgehead atoms. The Kier molecular flexibility index (Phi) is 5.58. The van der Waals surface area contributed by atoms with Crippen LogP contribution >= 0.6 is 0 Å². The summed E-state index contributed by atoms with van der Waals surface area (Å²) in [4.78, 5) is 0. The van der Waals surface area contributed by atoms with Gasteiger partial charge < -0.3 is 15.9 Å². The quantitative estimate of drug-likeness (QED) is 0.501. The van der Waals surface area contributed by atoms with Crippen molar-refractivity contribution < 1.29 is 10.2 Å². The number of aliphatic hydroxyl groups is 2. The summed E-state index contributed by atoms with van der Waals surface area (Å²) in [6.07, 6.45) is 1.86. The van der Waals surface area contributed by atoms with Crippen LogP contribution in [0.4, 0.5) is 0 Å². The van der Waals surface area contributed by atoms with Crippen molar-refractivity contribution in [3.8, 4) is 0 Å². The van der Waals surface area contributed by atoms with E-state index >= 15 is 0 Å². The molecule has 0 aliphatic heterocycles. The first-order valence-corrected chi connectivity index (χ1v) is 3.73. The second-order valence-corrected chi connectivity index (χ2v) is 2.58. The monoisotopic (exact) mass is 147 g/mol. The molecule has 0 saturated heterocycles. The van der Waals surface area contributed by atoms with Crippen LogP contribution < -0.4 is 5.73 Å². The van der Waals surface area contributed by atoms with E-state index in [0.29, 0.717) is 0 Å². The Hall–Kier alpha value is -0.120. The Balaban J connectivity index is 3.53. The van der Waals surface area contributed by atoms with Gasteiger partial charge in [-0.05, 0) is 6.42 Å². The van der Waals surface area contributed by atoms with Crippen molar-refractivity contribution >= 4 is 0 Å². The number of hydrogen-bond donors (Lipinski definition) is 3. The van der Waals surface area contributed by atoms with E-state index in [1.54, 1.807) is 0 Å². The lowest BCUT2D eigenvalue weighted by molar-refractivity contribution is 0.128. The summed E-state index contributed by atoms with van der Waals surface area (Å²) in [7, 11) is 0. The third-order valence-corrected chi connectivity index (χ3v) is 1.70. The molecule has 3 nitrogen and oxygen atoms in total. The second-order valence-electron chi connectivity index (χ2n) is 2.58. The Labute approximate surface area is 61.9 Å². The fourth-order valence-corrected chi connectivity index (χ4v) is 0.898. The standard InChI is InChI=1S/C7H17NO2/c1-2-3-7(8)6(4-9)5-10/h6-7,9-10H,2-5,8H2,1H3. The van der Waals surface area contributed by atoms with E-state index in [2.05, 4.69) is 0 Å². The summed E-state index contributed by atoms with van der Waals surface area (Å²) < 4.78 is 0. The predicted molar refractivity (Wildman–Crippen MR) is 40.5 cm³/mol. The summed E-state index contributed by atoms with van der Waals surface area (Å²) in [5.41, 5.74) is 5.63. The first-order valence-electron chi connectivity index (χ1n) is 3.73. The largest absolute Gasteiger partial charge is 0.396 e. The molecule has 1 unspecified atom stereocenters. The summed E-state index contributed by atoms with van der Waals surface area (Å²) >= 11 is 0. The van der Waals surface area contributed by atoms with Crippen LogP contribution in [0, 0.1) is 5.92 Å². The zero-order chi connectivity index (χ0) is 7.98. The highest BCUT2D eigenvalue weighted by Gasteiger charge is 2.13. The lowest BCUT2D eigenvalue weighted by atomic mass is 9.99. The maximum atomic E-state index is 8.68. The average Bonchev–Trinajstić information content (AvgIpc) is 1.91. The fraction of sp³-hybridized carbons (Fsp3) is 1.00. The zero-order valence-corrected chi connectivity index (χ0v) is 6.45. The highest BCUT2D eigenvalue weighted by molar-refractivity contribution is 4.70. The van der Waals surface area contributed by atoms with E-state index < -0.39 is 0 Å². The Morgan fingerprint density at radius 3 is 2.10 bits per heavy atom. The molecule has 0 aliphatic rings. The molecule has 0 radical (unpaired) electrons. The molecule has 0 saturated carbocycles. The van der Waals surface area contributed by atoms with Gasteiger partial charge in [-0.1, -0.05) is 13.3 Å². The van der Waals surface area contributed by atoms with Crippen molar-refractivity contribution in [1.82, 2.24) is 0 Å². The Morgan fingerprint density at radius 1 is 1.30 bits per heavy atom. The second kappa shape index (κ2) is 5.65. The molecule has 3 heteroatoms. The van der Waals surface area contributed by atoms with Gasteiger partial charge in [0.25, 0.3) is 0 Å². The summed E-state index contributed by atoms with van der Waals surface area (Å²) in [6.45, 7) is 2.00. The van der Waals surface area contributed by atoms with E-state index in [4.69, 9.17) is 15.9 Å². The van der Waals surface area contributed by atoms with Crippen molar-refractivity contribution in [1.29, 1.82) is 0 Å². The summed E-state index contributed by atoms with van der Waals surface area (Å²) in [6, 6.07) is -0.0556. The van der Waals surface area contributed by atoms with Crippen molar-refractivity contribution in [3.05, 3.63) is 0 Å². The molecule has 62 valence electrons. The third-order valence-electron chi connectivity index (χ3n) is 1.70. The molecule has 0 spiro atoms. The van der Waals surface area contributed by atoms with E-state index in [1.807, 2.05) is 6.92 Å². The first-order chi connectivity index (χ1) is 4.76. The van der Waals surface area contributed by atoms with Crippen LogP contribution in [0.2, 0.25) is 0 Å². The number of rotatable bonds is 5. The van der Waals surface area contributed by atoms with Crippen LogP contribution in [0.1, 0.15) is 19.8 Å². The van der Waals surface area contributed by atoms with Crippen LogP contribution in [0.3, 0.4) is 0 Å². The van der Waals surface area contributed by atoms with E-state index in [1.165, 1.54) is 0 Å². The van der Waals surface area contributed by atoms with E-state index in [-0.39, 0.29) is 25.2 Å². The van der Waals surface area contributed by atoms with Crippen LogP contribution in [-0.4, -0.2) is 29.5 Å². The number of hydrogen-bond acceptors (Lipinski definition) is 3. The van der Waals surface area contributed by atoms with Crippen LogP contribution in [0.5, 0.6) is 0 Å². The van der Waals surface area contributed by atoms with Gasteiger partial charge >= 0.3 is 0 Å². The average molecular weight is 147 g/mol. The van der Waals surface area contributed by atoms with Crippen molar-refractivity contribution in [2.24, 2.45) is 11.7 Å². The van der Waals surface area contributed by atoms with Gasteiger partial charge in [-0.3, -0.25) is 0 Å². The summed E-state index contributed by atoms with van der Waals surface area (Å²) in [5.74, 6) is -0.139. The molecule has 0 aliphatic carbocycles. The first kappa shape index (κ1) is 9.88. The van der Waals surface area contributed by atoms with Crippen LogP contribution in [0.15, 0.2) is 0 Å². The molecule has 10 heavy (non-hydrogen) atoms. The van der Waals surface area contributed by atoms with Crippen molar-refractivity contribution in [2.75, 3.05) is 13.2 Å². The molecule has 4 N–H and O–H groups in total.